The van der Waals surface area contributed by atoms with Crippen LogP contribution in [0.3, 0.4) is 0 Å². The molecule has 1 aromatic heterocycles. The average Bonchev–Trinajstić information content (AvgIpc) is 3.25. The van der Waals surface area contributed by atoms with E-state index >= 15 is 0 Å². The third-order valence-corrected chi connectivity index (χ3v) is 7.17. The Labute approximate surface area is 240 Å². The summed E-state index contributed by atoms with van der Waals surface area (Å²) in [6, 6.07) is 9.48. The molecule has 2 heterocycles. The van der Waals surface area contributed by atoms with E-state index in [9.17, 15) is 14.4 Å². The van der Waals surface area contributed by atoms with Crippen molar-refractivity contribution >= 4 is 29.3 Å². The van der Waals surface area contributed by atoms with Crippen molar-refractivity contribution in [2.24, 2.45) is 10.7 Å². The zero-order chi connectivity index (χ0) is 29.7. The second-order valence-electron chi connectivity index (χ2n) is 8.78. The van der Waals surface area contributed by atoms with Crippen molar-refractivity contribution in [2.45, 2.75) is 26.8 Å². The second-order valence-corrected chi connectivity index (χ2v) is 9.79. The van der Waals surface area contributed by atoms with Gasteiger partial charge in [-0.2, -0.15) is 0 Å². The fourth-order valence-corrected chi connectivity index (χ4v) is 5.53. The number of aromatic nitrogens is 1. The molecule has 0 fully saturated rings. The number of methoxy groups -OCH3 is 2. The number of thiazole rings is 1. The number of fused-ring (bicyclic) bond motifs is 1. The minimum Gasteiger partial charge on any atom is -0.493 e. The van der Waals surface area contributed by atoms with Gasteiger partial charge in [0.1, 0.15) is 6.04 Å². The fraction of sp³-hybridized carbons (Fsp3) is 0.310. The number of allylic oxidation sites excluding steroid dienone is 1. The van der Waals surface area contributed by atoms with Crippen molar-refractivity contribution in [2.75, 3.05) is 34.0 Å². The molecule has 2 N–H and O–H groups in total. The number of esters is 1. The van der Waals surface area contributed by atoms with Gasteiger partial charge in [-0.1, -0.05) is 29.5 Å². The van der Waals surface area contributed by atoms with Crippen LogP contribution < -0.4 is 39.6 Å². The van der Waals surface area contributed by atoms with Gasteiger partial charge in [-0.15, -0.1) is 0 Å². The van der Waals surface area contributed by atoms with Crippen molar-refractivity contribution in [3.05, 3.63) is 78.5 Å². The van der Waals surface area contributed by atoms with Crippen molar-refractivity contribution in [1.29, 1.82) is 0 Å². The lowest BCUT2D eigenvalue weighted by Gasteiger charge is -2.26. The number of carbonyl (C=O) groups is 2. The number of para-hydroxylation sites is 1. The standard InChI is InChI=1S/C29H31N3O8S/c1-6-38-26-18(9-8-10-20(26)36-4)25-24(28(35)39-7-2)16(3)31-29-32(25)27(34)22(41-29)14-17-11-12-19(21(13-17)37-5)40-15-23(30)33/h8-14,25H,6-7,15H2,1-5H3,(H2,30,33)/b22-14+. The van der Waals surface area contributed by atoms with Crippen molar-refractivity contribution in [1.82, 2.24) is 4.57 Å². The van der Waals surface area contributed by atoms with E-state index in [2.05, 4.69) is 4.99 Å². The molecule has 1 aliphatic rings. The van der Waals surface area contributed by atoms with Crippen LogP contribution in [-0.4, -0.2) is 50.5 Å². The van der Waals surface area contributed by atoms with Crippen LogP contribution in [-0.2, 0) is 14.3 Å². The molecule has 41 heavy (non-hydrogen) atoms. The van der Waals surface area contributed by atoms with Crippen LogP contribution in [0, 0.1) is 0 Å². The zero-order valence-corrected chi connectivity index (χ0v) is 24.2. The molecule has 1 amide bonds. The molecule has 0 saturated carbocycles. The van der Waals surface area contributed by atoms with Gasteiger partial charge in [0.15, 0.2) is 34.4 Å². The van der Waals surface area contributed by atoms with Crippen molar-refractivity contribution < 1.29 is 33.3 Å². The lowest BCUT2D eigenvalue weighted by Crippen LogP contribution is -2.40. The largest absolute Gasteiger partial charge is 0.493 e. The quantitative estimate of drug-likeness (QED) is 0.340. The summed E-state index contributed by atoms with van der Waals surface area (Å²) in [5, 5.41) is 0. The molecule has 1 atom stereocenters. The van der Waals surface area contributed by atoms with Gasteiger partial charge in [-0.25, -0.2) is 9.79 Å². The van der Waals surface area contributed by atoms with Gasteiger partial charge in [-0.05, 0) is 50.6 Å². The summed E-state index contributed by atoms with van der Waals surface area (Å²) >= 11 is 1.18. The van der Waals surface area contributed by atoms with E-state index in [1.807, 2.05) is 6.92 Å². The van der Waals surface area contributed by atoms with E-state index in [-0.39, 0.29) is 24.3 Å². The second kappa shape index (κ2) is 12.7. The Morgan fingerprint density at radius 1 is 1.05 bits per heavy atom. The predicted molar refractivity (Wildman–Crippen MR) is 152 cm³/mol. The minimum absolute atomic E-state index is 0.157. The monoisotopic (exact) mass is 581 g/mol. The van der Waals surface area contributed by atoms with Crippen LogP contribution in [0.2, 0.25) is 0 Å². The van der Waals surface area contributed by atoms with Gasteiger partial charge >= 0.3 is 5.97 Å². The molecule has 216 valence electrons. The molecule has 1 unspecified atom stereocenters. The highest BCUT2D eigenvalue weighted by Crippen LogP contribution is 2.40. The molecular weight excluding hydrogens is 550 g/mol. The average molecular weight is 582 g/mol. The highest BCUT2D eigenvalue weighted by Gasteiger charge is 2.36. The Morgan fingerprint density at radius 3 is 2.46 bits per heavy atom. The van der Waals surface area contributed by atoms with E-state index < -0.39 is 17.9 Å². The maximum atomic E-state index is 14.0. The van der Waals surface area contributed by atoms with Crippen LogP contribution in [0.15, 0.2) is 57.5 Å². The SMILES string of the molecule is CCOC(=O)C1=C(C)N=c2s/c(=C/c3ccc(OCC(N)=O)c(OC)c3)c(=O)n2C1c1cccc(OC)c1OCC. The maximum absolute atomic E-state index is 14.0. The summed E-state index contributed by atoms with van der Waals surface area (Å²) in [4.78, 5) is 43.4. The van der Waals surface area contributed by atoms with Crippen LogP contribution in [0.25, 0.3) is 6.08 Å². The van der Waals surface area contributed by atoms with E-state index in [0.717, 1.165) is 0 Å². The van der Waals surface area contributed by atoms with Gasteiger partial charge in [0.25, 0.3) is 11.5 Å². The third-order valence-electron chi connectivity index (χ3n) is 6.18. The van der Waals surface area contributed by atoms with E-state index in [4.69, 9.17) is 29.4 Å². The Morgan fingerprint density at radius 2 is 1.80 bits per heavy atom. The molecule has 0 aliphatic carbocycles. The Bertz CT molecular complexity index is 1690. The first-order valence-electron chi connectivity index (χ1n) is 12.8. The number of primary amides is 1. The highest BCUT2D eigenvalue weighted by molar-refractivity contribution is 7.07. The number of rotatable bonds is 11. The third kappa shape index (κ3) is 5.97. The topological polar surface area (TPSA) is 141 Å². The Balaban J connectivity index is 1.92. The minimum atomic E-state index is -0.872. The Hall–Kier alpha value is -4.58. The molecule has 12 heteroatoms. The molecule has 0 radical (unpaired) electrons. The molecule has 0 spiro atoms. The summed E-state index contributed by atoms with van der Waals surface area (Å²) in [6.45, 7) is 5.47. The number of carbonyl (C=O) groups excluding carboxylic acids is 2. The summed E-state index contributed by atoms with van der Waals surface area (Å²) < 4.78 is 29.5. The van der Waals surface area contributed by atoms with Crippen molar-refractivity contribution in [3.8, 4) is 23.0 Å². The van der Waals surface area contributed by atoms with Gasteiger partial charge in [0.2, 0.25) is 0 Å². The number of nitrogens with zero attached hydrogens (tertiary/aromatic N) is 2. The molecule has 0 saturated heterocycles. The smallest absolute Gasteiger partial charge is 0.338 e. The Kier molecular flexibility index (Phi) is 9.13. The zero-order valence-electron chi connectivity index (χ0n) is 23.4. The first-order valence-corrected chi connectivity index (χ1v) is 13.6. The van der Waals surface area contributed by atoms with Gasteiger partial charge in [0.05, 0.1) is 43.2 Å². The summed E-state index contributed by atoms with van der Waals surface area (Å²) in [7, 11) is 2.99. The van der Waals surface area contributed by atoms with Crippen molar-refractivity contribution in [3.63, 3.8) is 0 Å². The molecule has 3 aromatic rings. The predicted octanol–water partition coefficient (Wildman–Crippen LogP) is 2.08. The number of benzene rings is 2. The molecule has 2 aromatic carbocycles. The highest BCUT2D eigenvalue weighted by atomic mass is 32.1. The first kappa shape index (κ1) is 29.4. The van der Waals surface area contributed by atoms with Crippen LogP contribution >= 0.6 is 11.3 Å². The number of amides is 1. The summed E-state index contributed by atoms with van der Waals surface area (Å²) in [6.07, 6.45) is 1.69. The van der Waals surface area contributed by atoms with Crippen LogP contribution in [0.5, 0.6) is 23.0 Å². The molecule has 11 nitrogen and oxygen atoms in total. The molecular formula is C29H31N3O8S. The van der Waals surface area contributed by atoms with E-state index in [1.165, 1.54) is 30.1 Å². The summed E-state index contributed by atoms with van der Waals surface area (Å²) in [5.74, 6) is 0.396. The normalized spacial score (nSPS) is 14.7. The molecule has 0 bridgehead atoms. The van der Waals surface area contributed by atoms with E-state index in [0.29, 0.717) is 55.8 Å². The number of hydrogen-bond acceptors (Lipinski definition) is 10. The van der Waals surface area contributed by atoms with Gasteiger partial charge in [-0.3, -0.25) is 14.2 Å². The lowest BCUT2D eigenvalue weighted by molar-refractivity contribution is -0.139. The summed E-state index contributed by atoms with van der Waals surface area (Å²) in [5.41, 5.74) is 6.70. The fourth-order valence-electron chi connectivity index (χ4n) is 4.49. The molecule has 4 rings (SSSR count). The maximum Gasteiger partial charge on any atom is 0.338 e. The van der Waals surface area contributed by atoms with Crippen LogP contribution in [0.4, 0.5) is 0 Å². The van der Waals surface area contributed by atoms with Crippen LogP contribution in [0.1, 0.15) is 37.9 Å². The van der Waals surface area contributed by atoms with Gasteiger partial charge < -0.3 is 29.4 Å². The first-order chi connectivity index (χ1) is 19.7. The molecule has 1 aliphatic heterocycles. The lowest BCUT2D eigenvalue weighted by atomic mass is 9.94. The number of nitrogens with two attached hydrogens (primary N) is 1. The van der Waals surface area contributed by atoms with E-state index in [1.54, 1.807) is 56.3 Å². The number of ether oxygens (including phenoxy) is 5. The number of hydrogen-bond donors (Lipinski definition) is 1. The van der Waals surface area contributed by atoms with Gasteiger partial charge in [0, 0.05) is 5.56 Å².